The molecule has 0 amide bonds. The van der Waals surface area contributed by atoms with Crippen molar-refractivity contribution in [1.82, 2.24) is 9.13 Å². The predicted molar refractivity (Wildman–Crippen MR) is 120 cm³/mol. The Bertz CT molecular complexity index is 1470. The number of fused-ring (bicyclic) bond motifs is 1. The van der Waals surface area contributed by atoms with Crippen LogP contribution in [-0.2, 0) is 19.3 Å². The van der Waals surface area contributed by atoms with Gasteiger partial charge in [-0.05, 0) is 35.4 Å². The first-order valence-electron chi connectivity index (χ1n) is 10.3. The number of hydrogen-bond acceptors (Lipinski definition) is 4. The number of rotatable bonds is 6. The number of para-hydroxylation sites is 1. The van der Waals surface area contributed by atoms with Crippen molar-refractivity contribution in [3.05, 3.63) is 116 Å². The van der Waals surface area contributed by atoms with Gasteiger partial charge in [-0.2, -0.15) is 13.2 Å². The maximum absolute atomic E-state index is 13.3. The van der Waals surface area contributed by atoms with E-state index in [1.807, 2.05) is 0 Å². The van der Waals surface area contributed by atoms with Gasteiger partial charge in [0.05, 0.1) is 29.6 Å². The van der Waals surface area contributed by atoms with Gasteiger partial charge in [0.15, 0.2) is 5.78 Å². The monoisotopic (exact) mass is 468 g/mol. The van der Waals surface area contributed by atoms with Crippen molar-refractivity contribution in [2.45, 2.75) is 19.3 Å². The fraction of sp³-hybridized carbons (Fsp3) is 0.160. The number of aromatic nitrogens is 2. The molecule has 0 aliphatic rings. The first kappa shape index (κ1) is 23.2. The average molecular weight is 468 g/mol. The molecule has 1 N–H and O–H groups in total. The number of carbonyl (C=O) groups excluding carboxylic acids is 1. The number of nitrogens with zero attached hydrogens (tertiary/aromatic N) is 2. The number of alkyl halides is 3. The number of aliphatic hydroxyl groups excluding tert-OH is 1. The van der Waals surface area contributed by atoms with Crippen LogP contribution in [0.3, 0.4) is 0 Å². The molecule has 0 aliphatic heterocycles. The quantitative estimate of drug-likeness (QED) is 0.440. The lowest BCUT2D eigenvalue weighted by Gasteiger charge is -2.15. The summed E-state index contributed by atoms with van der Waals surface area (Å²) in [5.41, 5.74) is -0.169. The van der Waals surface area contributed by atoms with Gasteiger partial charge < -0.3 is 5.11 Å². The van der Waals surface area contributed by atoms with E-state index in [-0.39, 0.29) is 13.1 Å². The van der Waals surface area contributed by atoms with Gasteiger partial charge >= 0.3 is 11.9 Å². The van der Waals surface area contributed by atoms with Crippen LogP contribution in [0.2, 0.25) is 0 Å². The van der Waals surface area contributed by atoms with Crippen molar-refractivity contribution in [2.24, 2.45) is 0 Å². The van der Waals surface area contributed by atoms with Gasteiger partial charge in [-0.1, -0.05) is 48.5 Å². The molecule has 0 saturated carbocycles. The smallest absolute Gasteiger partial charge is 0.388 e. The SMILES string of the molecule is O=C(CO)c1ccc(Cn2c(=O)n(Cc3ccc(C(F)(F)F)cc3)c(=O)c3ccccc32)cc1. The van der Waals surface area contributed by atoms with Crippen molar-refractivity contribution < 1.29 is 23.1 Å². The zero-order chi connectivity index (χ0) is 24.5. The number of hydrogen-bond donors (Lipinski definition) is 1. The maximum Gasteiger partial charge on any atom is 0.416 e. The van der Waals surface area contributed by atoms with E-state index in [1.165, 1.54) is 16.7 Å². The summed E-state index contributed by atoms with van der Waals surface area (Å²) < 4.78 is 41.0. The van der Waals surface area contributed by atoms with Crippen molar-refractivity contribution in [3.8, 4) is 0 Å². The fourth-order valence-corrected chi connectivity index (χ4v) is 3.71. The molecular formula is C25H19F3N2O4. The zero-order valence-electron chi connectivity index (χ0n) is 17.7. The van der Waals surface area contributed by atoms with Crippen LogP contribution in [0.1, 0.15) is 27.0 Å². The van der Waals surface area contributed by atoms with Crippen molar-refractivity contribution in [1.29, 1.82) is 0 Å². The molecule has 1 heterocycles. The standard InChI is InChI=1S/C25H19F3N2O4/c26-25(27,28)19-11-7-17(8-12-19)14-30-23(33)20-3-1-2-4-21(20)29(24(30)34)13-16-5-9-18(10-6-16)22(32)15-31/h1-12,31H,13-15H2. The highest BCUT2D eigenvalue weighted by Crippen LogP contribution is 2.29. The van der Waals surface area contributed by atoms with Gasteiger partial charge in [-0.25, -0.2) is 4.79 Å². The number of benzene rings is 3. The summed E-state index contributed by atoms with van der Waals surface area (Å²) >= 11 is 0. The molecule has 6 nitrogen and oxygen atoms in total. The van der Waals surface area contributed by atoms with Crippen LogP contribution in [0.4, 0.5) is 13.2 Å². The fourth-order valence-electron chi connectivity index (χ4n) is 3.71. The Hall–Kier alpha value is -3.98. The molecule has 0 spiro atoms. The predicted octanol–water partition coefficient (Wildman–Crippen LogP) is 3.45. The first-order chi connectivity index (χ1) is 16.2. The van der Waals surface area contributed by atoms with Crippen LogP contribution in [0.15, 0.2) is 82.4 Å². The highest BCUT2D eigenvalue weighted by Gasteiger charge is 2.30. The number of halogens is 3. The van der Waals surface area contributed by atoms with Gasteiger partial charge in [0.2, 0.25) is 0 Å². The number of ketones is 1. The third-order valence-electron chi connectivity index (χ3n) is 5.51. The van der Waals surface area contributed by atoms with Crippen LogP contribution in [-0.4, -0.2) is 26.6 Å². The first-order valence-corrected chi connectivity index (χ1v) is 10.3. The van der Waals surface area contributed by atoms with Gasteiger partial charge in [0.25, 0.3) is 5.56 Å². The number of aliphatic hydroxyl groups is 1. The molecule has 9 heteroatoms. The van der Waals surface area contributed by atoms with Gasteiger partial charge in [0.1, 0.15) is 6.61 Å². The summed E-state index contributed by atoms with van der Waals surface area (Å²) in [6, 6.07) is 17.3. The summed E-state index contributed by atoms with van der Waals surface area (Å²) in [5.74, 6) is -0.431. The summed E-state index contributed by atoms with van der Waals surface area (Å²) in [5, 5.41) is 9.29. The minimum atomic E-state index is -4.48. The highest BCUT2D eigenvalue weighted by molar-refractivity contribution is 5.96. The minimum Gasteiger partial charge on any atom is -0.388 e. The summed E-state index contributed by atoms with van der Waals surface area (Å²) in [6.45, 7) is -0.705. The molecule has 34 heavy (non-hydrogen) atoms. The summed E-state index contributed by atoms with van der Waals surface area (Å²) in [6.07, 6.45) is -4.48. The Morgan fingerprint density at radius 2 is 1.35 bits per heavy atom. The van der Waals surface area contributed by atoms with E-state index in [1.54, 1.807) is 48.5 Å². The van der Waals surface area contributed by atoms with Gasteiger partial charge in [0, 0.05) is 5.56 Å². The van der Waals surface area contributed by atoms with Crippen molar-refractivity contribution >= 4 is 16.7 Å². The molecule has 0 unspecified atom stereocenters. The number of carbonyl (C=O) groups is 1. The molecule has 174 valence electrons. The molecule has 4 aromatic rings. The van der Waals surface area contributed by atoms with Gasteiger partial charge in [-0.3, -0.25) is 18.7 Å². The summed E-state index contributed by atoms with van der Waals surface area (Å²) in [7, 11) is 0. The second kappa shape index (κ2) is 9.11. The van der Waals surface area contributed by atoms with E-state index in [0.717, 1.165) is 16.7 Å². The van der Waals surface area contributed by atoms with Gasteiger partial charge in [-0.15, -0.1) is 0 Å². The normalized spacial score (nSPS) is 11.6. The largest absolute Gasteiger partial charge is 0.416 e. The van der Waals surface area contributed by atoms with Crippen LogP contribution < -0.4 is 11.2 Å². The lowest BCUT2D eigenvalue weighted by Crippen LogP contribution is -2.40. The molecule has 0 bridgehead atoms. The molecule has 0 fully saturated rings. The Morgan fingerprint density at radius 1 is 0.794 bits per heavy atom. The van der Waals surface area contributed by atoms with Crippen LogP contribution in [0.25, 0.3) is 10.9 Å². The summed E-state index contributed by atoms with van der Waals surface area (Å²) in [4.78, 5) is 38.0. The number of Topliss-reactive ketones (excluding diaryl/α,β-unsaturated/α-hetero) is 1. The lowest BCUT2D eigenvalue weighted by molar-refractivity contribution is -0.137. The van der Waals surface area contributed by atoms with E-state index < -0.39 is 35.4 Å². The molecule has 0 saturated heterocycles. The topological polar surface area (TPSA) is 81.3 Å². The second-order valence-corrected chi connectivity index (χ2v) is 7.75. The molecule has 1 aromatic heterocycles. The molecule has 4 rings (SSSR count). The Labute approximate surface area is 191 Å². The van der Waals surface area contributed by atoms with E-state index in [9.17, 15) is 27.6 Å². The minimum absolute atomic E-state index is 0.0975. The van der Waals surface area contributed by atoms with E-state index >= 15 is 0 Å². The second-order valence-electron chi connectivity index (χ2n) is 7.75. The molecule has 3 aromatic carbocycles. The van der Waals surface area contributed by atoms with E-state index in [4.69, 9.17) is 5.11 Å². The average Bonchev–Trinajstić information content (AvgIpc) is 2.84. The van der Waals surface area contributed by atoms with Crippen molar-refractivity contribution in [3.63, 3.8) is 0 Å². The third kappa shape index (κ3) is 4.55. The Kier molecular flexibility index (Phi) is 6.21. The molecular weight excluding hydrogens is 449 g/mol. The molecule has 0 atom stereocenters. The van der Waals surface area contributed by atoms with Crippen molar-refractivity contribution in [2.75, 3.05) is 6.61 Å². The zero-order valence-corrected chi connectivity index (χ0v) is 17.7. The lowest BCUT2D eigenvalue weighted by atomic mass is 10.1. The highest BCUT2D eigenvalue weighted by atomic mass is 19.4. The van der Waals surface area contributed by atoms with Crippen LogP contribution in [0, 0.1) is 0 Å². The van der Waals surface area contributed by atoms with Crippen LogP contribution in [0.5, 0.6) is 0 Å². The molecule has 0 aliphatic carbocycles. The molecule has 0 radical (unpaired) electrons. The Balaban J connectivity index is 1.76. The van der Waals surface area contributed by atoms with E-state index in [0.29, 0.717) is 27.6 Å². The third-order valence-corrected chi connectivity index (χ3v) is 5.51. The maximum atomic E-state index is 13.3. The van der Waals surface area contributed by atoms with Crippen LogP contribution >= 0.6 is 0 Å². The van der Waals surface area contributed by atoms with E-state index in [2.05, 4.69) is 0 Å². The Morgan fingerprint density at radius 3 is 1.94 bits per heavy atom.